The Kier molecular flexibility index (Phi) is 7.46. The summed E-state index contributed by atoms with van der Waals surface area (Å²) < 4.78 is 5.47. The molecular weight excluding hydrogens is 390 g/mol. The van der Waals surface area contributed by atoms with Gasteiger partial charge in [-0.2, -0.15) is 0 Å². The van der Waals surface area contributed by atoms with Crippen molar-refractivity contribution >= 4 is 11.9 Å². The summed E-state index contributed by atoms with van der Waals surface area (Å²) in [5.41, 5.74) is 7.75. The Hall–Kier alpha value is -2.70. The van der Waals surface area contributed by atoms with Crippen LogP contribution in [-0.2, 0) is 16.1 Å². The van der Waals surface area contributed by atoms with Crippen LogP contribution in [0.3, 0.4) is 0 Å². The number of esters is 1. The van der Waals surface area contributed by atoms with E-state index in [0.717, 1.165) is 32.5 Å². The van der Waals surface area contributed by atoms with Crippen molar-refractivity contribution in [3.63, 3.8) is 0 Å². The maximum atomic E-state index is 12.8. The van der Waals surface area contributed by atoms with E-state index in [4.69, 9.17) is 10.5 Å². The third-order valence-electron chi connectivity index (χ3n) is 5.38. The van der Waals surface area contributed by atoms with Crippen LogP contribution in [0.2, 0.25) is 0 Å². The van der Waals surface area contributed by atoms with Gasteiger partial charge in [0.2, 0.25) is 5.91 Å². The Morgan fingerprint density at radius 1 is 1.06 bits per heavy atom. The van der Waals surface area contributed by atoms with Gasteiger partial charge in [-0.3, -0.25) is 9.69 Å². The molecule has 1 heterocycles. The number of carbonyl (C=O) groups is 2. The van der Waals surface area contributed by atoms with Crippen LogP contribution in [0.4, 0.5) is 0 Å². The van der Waals surface area contributed by atoms with Gasteiger partial charge in [0, 0.05) is 25.7 Å². The lowest BCUT2D eigenvalue weighted by molar-refractivity contribution is -0.123. The number of hydrogen-bond donors (Lipinski definition) is 2. The van der Waals surface area contributed by atoms with Crippen molar-refractivity contribution in [2.45, 2.75) is 57.8 Å². The quantitative estimate of drug-likeness (QED) is 0.696. The van der Waals surface area contributed by atoms with Crippen LogP contribution < -0.4 is 11.1 Å². The third kappa shape index (κ3) is 6.64. The summed E-state index contributed by atoms with van der Waals surface area (Å²) in [7, 11) is 0. The molecule has 0 bridgehead atoms. The molecule has 166 valence electrons. The van der Waals surface area contributed by atoms with E-state index in [9.17, 15) is 9.59 Å². The zero-order valence-electron chi connectivity index (χ0n) is 18.6. The van der Waals surface area contributed by atoms with Crippen molar-refractivity contribution in [3.05, 3.63) is 71.3 Å². The molecule has 0 spiro atoms. The van der Waals surface area contributed by atoms with Crippen LogP contribution in [-0.4, -0.2) is 41.5 Å². The van der Waals surface area contributed by atoms with E-state index in [0.29, 0.717) is 11.1 Å². The second-order valence-corrected chi connectivity index (χ2v) is 9.11. The van der Waals surface area contributed by atoms with Crippen LogP contribution in [0.15, 0.2) is 54.6 Å². The van der Waals surface area contributed by atoms with Gasteiger partial charge in [-0.1, -0.05) is 48.5 Å². The largest absolute Gasteiger partial charge is 0.456 e. The molecule has 1 atom stereocenters. The first-order valence-corrected chi connectivity index (χ1v) is 10.9. The highest BCUT2D eigenvalue weighted by Crippen LogP contribution is 2.21. The van der Waals surface area contributed by atoms with Crippen molar-refractivity contribution in [1.29, 1.82) is 0 Å². The Morgan fingerprint density at radius 3 is 2.32 bits per heavy atom. The lowest BCUT2D eigenvalue weighted by Crippen LogP contribution is -2.47. The molecule has 3 rings (SSSR count). The van der Waals surface area contributed by atoms with Gasteiger partial charge in [0.1, 0.15) is 11.6 Å². The molecule has 0 radical (unpaired) electrons. The van der Waals surface area contributed by atoms with Crippen molar-refractivity contribution in [2.75, 3.05) is 13.1 Å². The molecule has 3 N–H and O–H groups in total. The molecule has 2 aromatic rings. The summed E-state index contributed by atoms with van der Waals surface area (Å²) >= 11 is 0. The zero-order chi connectivity index (χ0) is 22.4. The average Bonchev–Trinajstić information content (AvgIpc) is 2.74. The molecule has 1 unspecified atom stereocenters. The monoisotopic (exact) mass is 423 g/mol. The molecule has 31 heavy (non-hydrogen) atoms. The Bertz CT molecular complexity index is 884. The van der Waals surface area contributed by atoms with Gasteiger partial charge in [-0.05, 0) is 50.8 Å². The molecule has 0 saturated carbocycles. The fraction of sp³-hybridized carbons (Fsp3) is 0.440. The van der Waals surface area contributed by atoms with Gasteiger partial charge in [0.05, 0.1) is 5.56 Å². The highest BCUT2D eigenvalue weighted by molar-refractivity contribution is 5.94. The van der Waals surface area contributed by atoms with Crippen molar-refractivity contribution in [1.82, 2.24) is 10.2 Å². The van der Waals surface area contributed by atoms with E-state index >= 15 is 0 Å². The number of piperidine rings is 1. The first kappa shape index (κ1) is 23.0. The maximum Gasteiger partial charge on any atom is 0.339 e. The van der Waals surface area contributed by atoms with Gasteiger partial charge in [-0.15, -0.1) is 0 Å². The van der Waals surface area contributed by atoms with Crippen molar-refractivity contribution < 1.29 is 14.3 Å². The first-order valence-electron chi connectivity index (χ1n) is 10.9. The van der Waals surface area contributed by atoms with Gasteiger partial charge < -0.3 is 15.8 Å². The number of hydrogen-bond acceptors (Lipinski definition) is 5. The van der Waals surface area contributed by atoms with E-state index in [1.54, 1.807) is 24.3 Å². The Labute approximate surface area is 184 Å². The molecule has 1 aliphatic heterocycles. The first-order chi connectivity index (χ1) is 14.7. The molecule has 1 saturated heterocycles. The fourth-order valence-electron chi connectivity index (χ4n) is 3.80. The molecule has 1 amide bonds. The molecule has 0 aliphatic carbocycles. The summed E-state index contributed by atoms with van der Waals surface area (Å²) in [6.07, 6.45) is 1.75. The summed E-state index contributed by atoms with van der Waals surface area (Å²) in [6.45, 7) is 8.19. The molecule has 0 aromatic heterocycles. The topological polar surface area (TPSA) is 84.7 Å². The minimum absolute atomic E-state index is 0.0827. The minimum Gasteiger partial charge on any atom is -0.456 e. The van der Waals surface area contributed by atoms with Crippen LogP contribution in [0.25, 0.3) is 0 Å². The second kappa shape index (κ2) is 10.1. The maximum absolute atomic E-state index is 12.8. The molecule has 1 aliphatic rings. The Morgan fingerprint density at radius 2 is 1.68 bits per heavy atom. The normalized spacial score (nSPS) is 16.5. The summed E-state index contributed by atoms with van der Waals surface area (Å²) in [6, 6.07) is 16.4. The van der Waals surface area contributed by atoms with Crippen LogP contribution in [0.1, 0.15) is 61.1 Å². The van der Waals surface area contributed by atoms with Crippen LogP contribution in [0.5, 0.6) is 0 Å². The van der Waals surface area contributed by atoms with Crippen LogP contribution >= 0.6 is 0 Å². The Balaban J connectivity index is 1.56. The van der Waals surface area contributed by atoms with Gasteiger partial charge in [0.15, 0.2) is 0 Å². The second-order valence-electron chi connectivity index (χ2n) is 9.11. The number of amides is 1. The average molecular weight is 424 g/mol. The molecular formula is C25H33N3O3. The number of nitrogens with two attached hydrogens (primary N) is 1. The van der Waals surface area contributed by atoms with E-state index in [2.05, 4.69) is 34.5 Å². The predicted molar refractivity (Wildman–Crippen MR) is 121 cm³/mol. The minimum atomic E-state index is -0.925. The number of nitrogens with one attached hydrogen (secondary N) is 1. The van der Waals surface area contributed by atoms with Gasteiger partial charge in [0.25, 0.3) is 0 Å². The standard InChI is InChI=1S/C25H33N3O3/c1-25(2,3)31-24(30)21-12-8-7-11-20(21)22(26)23(29)27-19-13-15-28(16-14-19)17-18-9-5-4-6-10-18/h4-12,19,22H,13-17,26H2,1-3H3,(H,27,29). The van der Waals surface area contributed by atoms with Crippen molar-refractivity contribution in [3.8, 4) is 0 Å². The highest BCUT2D eigenvalue weighted by Gasteiger charge is 2.27. The van der Waals surface area contributed by atoms with Gasteiger partial charge in [-0.25, -0.2) is 4.79 Å². The zero-order valence-corrected chi connectivity index (χ0v) is 18.6. The summed E-state index contributed by atoms with van der Waals surface area (Å²) in [4.78, 5) is 27.8. The molecule has 2 aromatic carbocycles. The van der Waals surface area contributed by atoms with E-state index in [-0.39, 0.29) is 11.9 Å². The predicted octanol–water partition coefficient (Wildman–Crippen LogP) is 3.42. The summed E-state index contributed by atoms with van der Waals surface area (Å²) in [5.74, 6) is -0.738. The lowest BCUT2D eigenvalue weighted by atomic mass is 9.98. The third-order valence-corrected chi connectivity index (χ3v) is 5.38. The van der Waals surface area contributed by atoms with E-state index in [1.807, 2.05) is 26.8 Å². The number of rotatable bonds is 6. The SMILES string of the molecule is CC(C)(C)OC(=O)c1ccccc1C(N)C(=O)NC1CCN(Cc2ccccc2)CC1. The van der Waals surface area contributed by atoms with Crippen molar-refractivity contribution in [2.24, 2.45) is 5.73 Å². The van der Waals surface area contributed by atoms with E-state index in [1.165, 1.54) is 5.56 Å². The van der Waals surface area contributed by atoms with E-state index < -0.39 is 17.6 Å². The number of carbonyl (C=O) groups excluding carboxylic acids is 2. The number of likely N-dealkylation sites (tertiary alicyclic amines) is 1. The molecule has 6 heteroatoms. The molecule has 1 fully saturated rings. The fourth-order valence-corrected chi connectivity index (χ4v) is 3.80. The number of nitrogens with zero attached hydrogens (tertiary/aromatic N) is 1. The smallest absolute Gasteiger partial charge is 0.339 e. The summed E-state index contributed by atoms with van der Waals surface area (Å²) in [5, 5.41) is 3.07. The lowest BCUT2D eigenvalue weighted by Gasteiger charge is -2.33. The highest BCUT2D eigenvalue weighted by atomic mass is 16.6. The van der Waals surface area contributed by atoms with Gasteiger partial charge >= 0.3 is 5.97 Å². The number of benzene rings is 2. The molecule has 6 nitrogen and oxygen atoms in total. The van der Waals surface area contributed by atoms with Crippen LogP contribution in [0, 0.1) is 0 Å². The number of ether oxygens (including phenoxy) is 1.